The lowest BCUT2D eigenvalue weighted by Crippen LogP contribution is -2.20. The van der Waals surface area contributed by atoms with Crippen LogP contribution in [0, 0.1) is 0 Å². The van der Waals surface area contributed by atoms with E-state index in [1.807, 2.05) is 18.2 Å². The zero-order valence-corrected chi connectivity index (χ0v) is 19.9. The molecule has 4 aromatic rings. The fraction of sp³-hybridized carbons (Fsp3) is 0.130. The molecule has 0 fully saturated rings. The Labute approximate surface area is 205 Å². The van der Waals surface area contributed by atoms with Gasteiger partial charge in [0.05, 0.1) is 17.5 Å². The van der Waals surface area contributed by atoms with Crippen molar-refractivity contribution in [3.05, 3.63) is 83.4 Å². The number of hydrazone groups is 1. The molecule has 0 atom stereocenters. The van der Waals surface area contributed by atoms with Gasteiger partial charge in [0.15, 0.2) is 8.68 Å². The fourth-order valence-corrected chi connectivity index (χ4v) is 5.89. The van der Waals surface area contributed by atoms with Crippen LogP contribution in [0.2, 0.25) is 0 Å². The number of aromatic nitrogens is 2. The van der Waals surface area contributed by atoms with Crippen molar-refractivity contribution in [1.29, 1.82) is 0 Å². The van der Waals surface area contributed by atoms with Gasteiger partial charge in [0, 0.05) is 11.3 Å². The Hall–Kier alpha value is -2.89. The lowest BCUT2D eigenvalue weighted by molar-refractivity contribution is -0.137. The molecule has 3 aromatic carbocycles. The Morgan fingerprint density at radius 3 is 2.50 bits per heavy atom. The maximum absolute atomic E-state index is 13.0. The van der Waals surface area contributed by atoms with Crippen LogP contribution in [0.4, 0.5) is 13.2 Å². The number of benzene rings is 3. The third-order valence-electron chi connectivity index (χ3n) is 4.60. The maximum atomic E-state index is 13.0. The van der Waals surface area contributed by atoms with Crippen LogP contribution < -0.4 is 5.43 Å². The molecular formula is C23H17F3N4OS3. The van der Waals surface area contributed by atoms with Crippen molar-refractivity contribution in [1.82, 2.24) is 15.6 Å². The molecule has 1 heterocycles. The van der Waals surface area contributed by atoms with Crippen LogP contribution in [0.25, 0.3) is 10.8 Å². The number of hydrogen-bond donors (Lipinski definition) is 1. The van der Waals surface area contributed by atoms with Gasteiger partial charge in [-0.25, -0.2) is 5.43 Å². The molecule has 174 valence electrons. The third kappa shape index (κ3) is 6.37. The van der Waals surface area contributed by atoms with Gasteiger partial charge in [0.25, 0.3) is 5.91 Å². The van der Waals surface area contributed by atoms with Crippen LogP contribution >= 0.6 is 34.9 Å². The fourth-order valence-electron chi connectivity index (χ4n) is 3.07. The van der Waals surface area contributed by atoms with Crippen LogP contribution in [0.15, 0.2) is 80.5 Å². The molecular weight excluding hydrogens is 501 g/mol. The zero-order chi connectivity index (χ0) is 24.0. The number of amides is 1. The van der Waals surface area contributed by atoms with Gasteiger partial charge in [-0.15, -0.1) is 10.2 Å². The first-order valence-corrected chi connectivity index (χ1v) is 12.7. The molecule has 0 aliphatic carbocycles. The average molecular weight is 519 g/mol. The van der Waals surface area contributed by atoms with Crippen molar-refractivity contribution in [2.24, 2.45) is 5.10 Å². The molecule has 1 aromatic heterocycles. The van der Waals surface area contributed by atoms with E-state index in [-0.39, 0.29) is 11.3 Å². The maximum Gasteiger partial charge on any atom is 0.417 e. The van der Waals surface area contributed by atoms with Crippen molar-refractivity contribution in [2.75, 3.05) is 5.75 Å². The highest BCUT2D eigenvalue weighted by atomic mass is 32.2. The monoisotopic (exact) mass is 518 g/mol. The molecule has 0 spiro atoms. The second-order valence-electron chi connectivity index (χ2n) is 6.93. The summed E-state index contributed by atoms with van der Waals surface area (Å²) >= 11 is 4.15. The number of nitrogens with zero attached hydrogens (tertiary/aromatic N) is 3. The summed E-state index contributed by atoms with van der Waals surface area (Å²) < 4.78 is 40.4. The van der Waals surface area contributed by atoms with Gasteiger partial charge in [0.1, 0.15) is 0 Å². The van der Waals surface area contributed by atoms with E-state index in [9.17, 15) is 18.0 Å². The second-order valence-corrected chi connectivity index (χ2v) is 10.4. The van der Waals surface area contributed by atoms with Gasteiger partial charge in [-0.05, 0) is 22.4 Å². The first-order chi connectivity index (χ1) is 16.4. The largest absolute Gasteiger partial charge is 0.417 e. The highest BCUT2D eigenvalue weighted by molar-refractivity contribution is 8.03. The number of carbonyl (C=O) groups excluding carboxylic acids is 1. The molecule has 34 heavy (non-hydrogen) atoms. The molecule has 11 heteroatoms. The van der Waals surface area contributed by atoms with E-state index >= 15 is 0 Å². The van der Waals surface area contributed by atoms with E-state index in [0.29, 0.717) is 4.34 Å². The molecule has 1 N–H and O–H groups in total. The summed E-state index contributed by atoms with van der Waals surface area (Å²) in [6.45, 7) is 0. The van der Waals surface area contributed by atoms with Crippen LogP contribution in [0.1, 0.15) is 16.7 Å². The predicted molar refractivity (Wildman–Crippen MR) is 131 cm³/mol. The van der Waals surface area contributed by atoms with E-state index in [4.69, 9.17) is 0 Å². The number of thioether (sulfide) groups is 2. The van der Waals surface area contributed by atoms with Crippen LogP contribution in [0.3, 0.4) is 0 Å². The van der Waals surface area contributed by atoms with E-state index < -0.39 is 17.6 Å². The van der Waals surface area contributed by atoms with Crippen LogP contribution in [-0.2, 0) is 16.7 Å². The predicted octanol–water partition coefficient (Wildman–Crippen LogP) is 6.24. The normalized spacial score (nSPS) is 11.9. The summed E-state index contributed by atoms with van der Waals surface area (Å²) in [5, 5.41) is 14.3. The van der Waals surface area contributed by atoms with E-state index in [0.717, 1.165) is 22.4 Å². The van der Waals surface area contributed by atoms with Crippen molar-refractivity contribution in [3.63, 3.8) is 0 Å². The number of fused-ring (bicyclic) bond motifs is 1. The molecule has 0 unspecified atom stereocenters. The minimum Gasteiger partial charge on any atom is -0.272 e. The van der Waals surface area contributed by atoms with Crippen molar-refractivity contribution in [2.45, 2.75) is 20.6 Å². The first-order valence-electron chi connectivity index (χ1n) is 9.94. The summed E-state index contributed by atoms with van der Waals surface area (Å²) in [5.74, 6) is 0.307. The smallest absolute Gasteiger partial charge is 0.272 e. The lowest BCUT2D eigenvalue weighted by Gasteiger charge is -2.09. The SMILES string of the molecule is O=C(CSc1nnc(SCc2cccc3ccccc23)s1)N/N=C\c1ccccc1C(F)(F)F. The number of hydrogen-bond acceptors (Lipinski definition) is 7. The molecule has 1 amide bonds. The second kappa shape index (κ2) is 11.0. The Balaban J connectivity index is 1.27. The van der Waals surface area contributed by atoms with Gasteiger partial charge in [-0.3, -0.25) is 4.79 Å². The van der Waals surface area contributed by atoms with Gasteiger partial charge in [-0.2, -0.15) is 18.3 Å². The van der Waals surface area contributed by atoms with Crippen molar-refractivity contribution >= 4 is 57.8 Å². The minimum atomic E-state index is -4.50. The van der Waals surface area contributed by atoms with Crippen molar-refractivity contribution < 1.29 is 18.0 Å². The van der Waals surface area contributed by atoms with E-state index in [1.165, 1.54) is 57.6 Å². The Morgan fingerprint density at radius 1 is 0.971 bits per heavy atom. The Morgan fingerprint density at radius 2 is 1.68 bits per heavy atom. The summed E-state index contributed by atoms with van der Waals surface area (Å²) in [4.78, 5) is 12.0. The van der Waals surface area contributed by atoms with Gasteiger partial charge in [-0.1, -0.05) is 95.5 Å². The van der Waals surface area contributed by atoms with Gasteiger partial charge in [0.2, 0.25) is 0 Å². The Kier molecular flexibility index (Phi) is 7.86. The number of halogens is 3. The summed E-state index contributed by atoms with van der Waals surface area (Å²) in [7, 11) is 0. The summed E-state index contributed by atoms with van der Waals surface area (Å²) in [6.07, 6.45) is -3.51. The third-order valence-corrected chi connectivity index (χ3v) is 7.84. The molecule has 0 radical (unpaired) electrons. The van der Waals surface area contributed by atoms with Gasteiger partial charge < -0.3 is 0 Å². The van der Waals surface area contributed by atoms with Crippen LogP contribution in [-0.4, -0.2) is 28.1 Å². The molecule has 0 saturated heterocycles. The highest BCUT2D eigenvalue weighted by Gasteiger charge is 2.32. The lowest BCUT2D eigenvalue weighted by atomic mass is 10.1. The average Bonchev–Trinajstić information content (AvgIpc) is 3.29. The molecule has 0 bridgehead atoms. The molecule has 0 saturated carbocycles. The van der Waals surface area contributed by atoms with E-state index in [1.54, 1.807) is 11.8 Å². The highest BCUT2D eigenvalue weighted by Crippen LogP contribution is 2.33. The summed E-state index contributed by atoms with van der Waals surface area (Å²) in [5.41, 5.74) is 2.51. The van der Waals surface area contributed by atoms with Crippen LogP contribution in [0.5, 0.6) is 0 Å². The minimum absolute atomic E-state index is 0.0148. The Bertz CT molecular complexity index is 1320. The number of rotatable bonds is 8. The van der Waals surface area contributed by atoms with E-state index in [2.05, 4.69) is 45.0 Å². The zero-order valence-electron chi connectivity index (χ0n) is 17.5. The standard InChI is InChI=1S/C23H17F3N4OS3/c24-23(25,26)19-11-4-2-7-16(19)12-27-28-20(31)14-33-22-30-29-21(34-22)32-13-17-9-5-8-15-6-1-3-10-18(15)17/h1-12H,13-14H2,(H,28,31)/b27-12-. The molecule has 5 nitrogen and oxygen atoms in total. The first kappa shape index (κ1) is 24.2. The summed E-state index contributed by atoms with van der Waals surface area (Å²) in [6, 6.07) is 19.4. The quantitative estimate of drug-likeness (QED) is 0.170. The number of nitrogens with one attached hydrogen (secondary N) is 1. The number of carbonyl (C=O) groups is 1. The molecule has 0 aliphatic heterocycles. The van der Waals surface area contributed by atoms with Gasteiger partial charge >= 0.3 is 6.18 Å². The molecule has 0 aliphatic rings. The number of alkyl halides is 3. The topological polar surface area (TPSA) is 67.2 Å². The van der Waals surface area contributed by atoms with Crippen molar-refractivity contribution in [3.8, 4) is 0 Å². The molecule has 4 rings (SSSR count).